The average Bonchev–Trinajstić information content (AvgIpc) is 2.48. The summed E-state index contributed by atoms with van der Waals surface area (Å²) in [5, 5.41) is 13.6. The Balaban J connectivity index is 2.11. The molecule has 6 nitrogen and oxygen atoms in total. The van der Waals surface area contributed by atoms with Gasteiger partial charge < -0.3 is 10.1 Å². The zero-order valence-electron chi connectivity index (χ0n) is 13.2. The van der Waals surface area contributed by atoms with Crippen molar-refractivity contribution >= 4 is 17.3 Å². The zero-order valence-corrected chi connectivity index (χ0v) is 13.2. The molecule has 2 aromatic rings. The normalized spacial score (nSPS) is 11.6. The highest BCUT2D eigenvalue weighted by molar-refractivity contribution is 5.96. The van der Waals surface area contributed by atoms with Crippen molar-refractivity contribution in [2.75, 3.05) is 5.32 Å². The summed E-state index contributed by atoms with van der Waals surface area (Å²) in [5.74, 6) is 0.129. The molecule has 0 aliphatic heterocycles. The van der Waals surface area contributed by atoms with E-state index in [1.54, 1.807) is 26.0 Å². The smallest absolute Gasteiger partial charge is 0.293 e. The van der Waals surface area contributed by atoms with Crippen LogP contribution in [0.15, 0.2) is 42.5 Å². The zero-order chi connectivity index (χ0) is 17.0. The number of nitro groups is 1. The number of aryl methyl sites for hydroxylation is 2. The predicted octanol–water partition coefficient (Wildman–Crippen LogP) is 3.62. The molecule has 0 saturated heterocycles. The van der Waals surface area contributed by atoms with Gasteiger partial charge in [0, 0.05) is 6.07 Å². The highest BCUT2D eigenvalue weighted by Crippen LogP contribution is 2.25. The number of benzene rings is 2. The molecular weight excluding hydrogens is 296 g/mol. The lowest BCUT2D eigenvalue weighted by molar-refractivity contribution is -0.384. The number of ether oxygens (including phenoxy) is 1. The van der Waals surface area contributed by atoms with Crippen LogP contribution in [0.3, 0.4) is 0 Å². The Labute approximate surface area is 134 Å². The summed E-state index contributed by atoms with van der Waals surface area (Å²) in [6, 6.07) is 12.0. The molecule has 0 spiro atoms. The number of nitrogens with zero attached hydrogens (tertiary/aromatic N) is 1. The summed E-state index contributed by atoms with van der Waals surface area (Å²) in [4.78, 5) is 22.8. The van der Waals surface area contributed by atoms with Crippen molar-refractivity contribution in [1.82, 2.24) is 0 Å². The minimum atomic E-state index is -0.780. The van der Waals surface area contributed by atoms with Gasteiger partial charge in [0.25, 0.3) is 11.6 Å². The molecule has 0 radical (unpaired) electrons. The van der Waals surface area contributed by atoms with Gasteiger partial charge in [-0.05, 0) is 50.1 Å². The van der Waals surface area contributed by atoms with E-state index in [9.17, 15) is 14.9 Å². The van der Waals surface area contributed by atoms with Crippen molar-refractivity contribution in [1.29, 1.82) is 0 Å². The summed E-state index contributed by atoms with van der Waals surface area (Å²) in [6.45, 7) is 5.27. The van der Waals surface area contributed by atoms with Gasteiger partial charge in [-0.25, -0.2) is 0 Å². The molecule has 2 aromatic carbocycles. The maximum absolute atomic E-state index is 12.2. The summed E-state index contributed by atoms with van der Waals surface area (Å²) >= 11 is 0. The van der Waals surface area contributed by atoms with E-state index >= 15 is 0 Å². The van der Waals surface area contributed by atoms with Crippen LogP contribution >= 0.6 is 0 Å². The molecule has 0 bridgehead atoms. The Kier molecular flexibility index (Phi) is 4.95. The van der Waals surface area contributed by atoms with Crippen LogP contribution in [0.25, 0.3) is 0 Å². The van der Waals surface area contributed by atoms with Crippen molar-refractivity contribution in [3.05, 3.63) is 63.7 Å². The molecule has 0 aliphatic rings. The number of carbonyl (C=O) groups excluding carboxylic acids is 1. The fraction of sp³-hybridized carbons (Fsp3) is 0.235. The number of rotatable bonds is 5. The molecule has 0 unspecified atom stereocenters. The second-order valence-electron chi connectivity index (χ2n) is 5.34. The van der Waals surface area contributed by atoms with Gasteiger partial charge in [-0.3, -0.25) is 14.9 Å². The van der Waals surface area contributed by atoms with Crippen LogP contribution in [0.2, 0.25) is 0 Å². The summed E-state index contributed by atoms with van der Waals surface area (Å²) in [5.41, 5.74) is 1.79. The lowest BCUT2D eigenvalue weighted by atomic mass is 10.2. The highest BCUT2D eigenvalue weighted by atomic mass is 16.6. The Morgan fingerprint density at radius 2 is 1.87 bits per heavy atom. The molecule has 2 rings (SSSR count). The number of hydrogen-bond donors (Lipinski definition) is 1. The molecule has 0 aromatic heterocycles. The number of carbonyl (C=O) groups is 1. The summed E-state index contributed by atoms with van der Waals surface area (Å²) in [6.07, 6.45) is -0.780. The third-order valence-electron chi connectivity index (χ3n) is 3.28. The van der Waals surface area contributed by atoms with E-state index in [0.29, 0.717) is 5.75 Å². The standard InChI is InChI=1S/C17H18N2O4/c1-11-5-4-6-14(9-11)23-13(3)17(20)18-15-8-7-12(2)10-16(15)19(21)22/h4-10,13H,1-3H3,(H,18,20)/t13-/m1/s1. The minimum absolute atomic E-state index is 0.138. The predicted molar refractivity (Wildman–Crippen MR) is 87.7 cm³/mol. The van der Waals surface area contributed by atoms with Crippen LogP contribution in [0.4, 0.5) is 11.4 Å². The number of nitro benzene ring substituents is 1. The Morgan fingerprint density at radius 3 is 2.52 bits per heavy atom. The quantitative estimate of drug-likeness (QED) is 0.675. The van der Waals surface area contributed by atoms with Crippen molar-refractivity contribution in [3.63, 3.8) is 0 Å². The first-order valence-corrected chi connectivity index (χ1v) is 7.16. The molecule has 0 heterocycles. The molecule has 0 fully saturated rings. The van der Waals surface area contributed by atoms with E-state index in [1.165, 1.54) is 12.1 Å². The molecule has 6 heteroatoms. The van der Waals surface area contributed by atoms with Gasteiger partial charge in [0.15, 0.2) is 6.10 Å². The first-order valence-electron chi connectivity index (χ1n) is 7.16. The summed E-state index contributed by atoms with van der Waals surface area (Å²) < 4.78 is 5.57. The van der Waals surface area contributed by atoms with Gasteiger partial charge in [0.05, 0.1) is 4.92 Å². The number of hydrogen-bond acceptors (Lipinski definition) is 4. The largest absolute Gasteiger partial charge is 0.481 e. The topological polar surface area (TPSA) is 81.5 Å². The first kappa shape index (κ1) is 16.5. The number of anilines is 1. The lowest BCUT2D eigenvalue weighted by Gasteiger charge is -2.15. The van der Waals surface area contributed by atoms with Crippen molar-refractivity contribution in [3.8, 4) is 5.75 Å². The molecule has 1 atom stereocenters. The fourth-order valence-corrected chi connectivity index (χ4v) is 2.08. The first-order chi connectivity index (χ1) is 10.9. The maximum Gasteiger partial charge on any atom is 0.293 e. The van der Waals surface area contributed by atoms with Gasteiger partial charge >= 0.3 is 0 Å². The van der Waals surface area contributed by atoms with Gasteiger partial charge in [-0.1, -0.05) is 18.2 Å². The summed E-state index contributed by atoms with van der Waals surface area (Å²) in [7, 11) is 0. The van der Waals surface area contributed by atoms with Crippen LogP contribution in [-0.4, -0.2) is 16.9 Å². The third-order valence-corrected chi connectivity index (χ3v) is 3.28. The van der Waals surface area contributed by atoms with E-state index in [4.69, 9.17) is 4.74 Å². The Hall–Kier alpha value is -2.89. The second kappa shape index (κ2) is 6.91. The van der Waals surface area contributed by atoms with Gasteiger partial charge in [0.2, 0.25) is 0 Å². The van der Waals surface area contributed by atoms with E-state index in [1.807, 2.05) is 25.1 Å². The van der Waals surface area contributed by atoms with Crippen molar-refractivity contribution < 1.29 is 14.5 Å². The Bertz CT molecular complexity index is 743. The SMILES string of the molecule is Cc1cccc(O[C@H](C)C(=O)Nc2ccc(C)cc2[N+](=O)[O-])c1. The number of amides is 1. The molecule has 0 saturated carbocycles. The maximum atomic E-state index is 12.2. The lowest BCUT2D eigenvalue weighted by Crippen LogP contribution is -2.30. The highest BCUT2D eigenvalue weighted by Gasteiger charge is 2.20. The van der Waals surface area contributed by atoms with E-state index in [-0.39, 0.29) is 11.4 Å². The van der Waals surface area contributed by atoms with Crippen LogP contribution in [0.1, 0.15) is 18.1 Å². The third kappa shape index (κ3) is 4.29. The fourth-order valence-electron chi connectivity index (χ4n) is 2.08. The number of nitrogens with one attached hydrogen (secondary N) is 1. The molecule has 0 aliphatic carbocycles. The monoisotopic (exact) mass is 314 g/mol. The van der Waals surface area contributed by atoms with E-state index < -0.39 is 16.9 Å². The van der Waals surface area contributed by atoms with Gasteiger partial charge in [0.1, 0.15) is 11.4 Å². The molecular formula is C17H18N2O4. The molecule has 1 amide bonds. The molecule has 23 heavy (non-hydrogen) atoms. The van der Waals surface area contributed by atoms with Crippen LogP contribution < -0.4 is 10.1 Å². The van der Waals surface area contributed by atoms with Crippen molar-refractivity contribution in [2.24, 2.45) is 0 Å². The van der Waals surface area contributed by atoms with E-state index in [0.717, 1.165) is 11.1 Å². The van der Waals surface area contributed by atoms with E-state index in [2.05, 4.69) is 5.32 Å². The van der Waals surface area contributed by atoms with Crippen molar-refractivity contribution in [2.45, 2.75) is 26.9 Å². The Morgan fingerprint density at radius 1 is 1.17 bits per heavy atom. The van der Waals surface area contributed by atoms with Crippen LogP contribution in [0.5, 0.6) is 5.75 Å². The van der Waals surface area contributed by atoms with Crippen LogP contribution in [-0.2, 0) is 4.79 Å². The van der Waals surface area contributed by atoms with Gasteiger partial charge in [-0.15, -0.1) is 0 Å². The second-order valence-corrected chi connectivity index (χ2v) is 5.34. The average molecular weight is 314 g/mol. The molecule has 120 valence electrons. The van der Waals surface area contributed by atoms with Crippen LogP contribution in [0, 0.1) is 24.0 Å². The minimum Gasteiger partial charge on any atom is -0.481 e. The van der Waals surface area contributed by atoms with Gasteiger partial charge in [-0.2, -0.15) is 0 Å². The molecule has 1 N–H and O–H groups in total.